The second-order valence-electron chi connectivity index (χ2n) is 20.8. The number of fused-ring (bicyclic) bond motifs is 10. The van der Waals surface area contributed by atoms with Gasteiger partial charge >= 0.3 is 0 Å². The minimum atomic E-state index is 1.20. The lowest BCUT2D eigenvalue weighted by Crippen LogP contribution is -1.95. The fourth-order valence-electron chi connectivity index (χ4n) is 14.1. The number of hydrogen-bond donors (Lipinski definition) is 0. The van der Waals surface area contributed by atoms with Crippen molar-refractivity contribution in [3.63, 3.8) is 0 Å². The van der Waals surface area contributed by atoms with E-state index in [0.29, 0.717) is 0 Å². The van der Waals surface area contributed by atoms with E-state index in [9.17, 15) is 0 Å². The highest BCUT2D eigenvalue weighted by molar-refractivity contribution is 6.42. The summed E-state index contributed by atoms with van der Waals surface area (Å²) >= 11 is 0. The standard InChI is InChI=1S/C76H44/c1-6-20-45(21-7-1)50-34-35-51(46-22-8-2-9-23-46)64(44-50)70-55-33-19-18-32-54(55)67(49-28-14-5-15-29-49)75-62-42-38-58-56-36-40-60-71-61(41-37-57(68(56)71)59-39-43-63(76(70)75)72(62)69(58)59)74-66(48-26-12-4-13-27-48)53-31-17-16-30-52(53)65(73(60)74)47-24-10-3-11-25-47/h1-44H. The Morgan fingerprint density at radius 2 is 0.421 bits per heavy atom. The molecular formula is C76H44. The van der Waals surface area contributed by atoms with E-state index >= 15 is 0 Å². The Hall–Kier alpha value is -9.88. The molecule has 0 spiro atoms. The summed E-state index contributed by atoms with van der Waals surface area (Å²) in [7, 11) is 0. The van der Waals surface area contributed by atoms with Crippen LogP contribution in [0, 0.1) is 0 Å². The van der Waals surface area contributed by atoms with Crippen molar-refractivity contribution in [1.82, 2.24) is 0 Å². The molecule has 0 N–H and O–H groups in total. The summed E-state index contributed by atoms with van der Waals surface area (Å²) in [5.41, 5.74) is 25.5. The summed E-state index contributed by atoms with van der Waals surface area (Å²) in [4.78, 5) is 0. The smallest absolute Gasteiger partial charge is 0.000718 e. The van der Waals surface area contributed by atoms with Gasteiger partial charge in [0, 0.05) is 0 Å². The molecule has 0 aliphatic heterocycles. The van der Waals surface area contributed by atoms with E-state index in [1.807, 2.05) is 0 Å². The van der Waals surface area contributed by atoms with E-state index in [-0.39, 0.29) is 0 Å². The van der Waals surface area contributed by atoms with Crippen LogP contribution in [0.4, 0.5) is 0 Å². The summed E-state index contributed by atoms with van der Waals surface area (Å²) in [6.45, 7) is 0. The zero-order valence-electron chi connectivity index (χ0n) is 41.4. The van der Waals surface area contributed by atoms with Gasteiger partial charge in [-0.25, -0.2) is 0 Å². The molecule has 0 bridgehead atoms. The Labute approximate surface area is 440 Å². The Bertz CT molecular complexity index is 4780. The van der Waals surface area contributed by atoms with Gasteiger partial charge in [0.15, 0.2) is 0 Å². The first-order valence-electron chi connectivity index (χ1n) is 26.6. The quantitative estimate of drug-likeness (QED) is 0.115. The van der Waals surface area contributed by atoms with Crippen LogP contribution in [0.5, 0.6) is 0 Å². The largest absolute Gasteiger partial charge is 0.0622 e. The van der Waals surface area contributed by atoms with Crippen LogP contribution in [0.25, 0.3) is 176 Å². The minimum absolute atomic E-state index is 1.20. The fraction of sp³-hybridized carbons (Fsp3) is 0. The third kappa shape index (κ3) is 5.62. The molecule has 76 heavy (non-hydrogen) atoms. The molecule has 0 heterocycles. The lowest BCUT2D eigenvalue weighted by Gasteiger charge is -2.22. The van der Waals surface area contributed by atoms with E-state index in [4.69, 9.17) is 0 Å². The molecule has 348 valence electrons. The van der Waals surface area contributed by atoms with Gasteiger partial charge in [-0.05, 0) is 182 Å². The van der Waals surface area contributed by atoms with E-state index in [2.05, 4.69) is 267 Å². The van der Waals surface area contributed by atoms with Gasteiger partial charge in [0.1, 0.15) is 0 Å². The Kier molecular flexibility index (Phi) is 8.65. The normalized spacial score (nSPS) is 12.2. The topological polar surface area (TPSA) is 0 Å². The maximum atomic E-state index is 2.48. The molecule has 15 aromatic carbocycles. The summed E-state index contributed by atoms with van der Waals surface area (Å²) in [6.07, 6.45) is 0. The molecule has 0 aromatic heterocycles. The van der Waals surface area contributed by atoms with Gasteiger partial charge in [0.05, 0.1) is 0 Å². The second kappa shape index (κ2) is 15.8. The van der Waals surface area contributed by atoms with Crippen molar-refractivity contribution in [2.75, 3.05) is 0 Å². The molecule has 0 saturated carbocycles. The molecule has 0 fully saturated rings. The Balaban J connectivity index is 0.997. The van der Waals surface area contributed by atoms with Crippen molar-refractivity contribution >= 4 is 64.6 Å². The summed E-state index contributed by atoms with van der Waals surface area (Å²) in [5, 5.41) is 15.7. The van der Waals surface area contributed by atoms with Crippen LogP contribution in [0.1, 0.15) is 0 Å². The third-order valence-corrected chi connectivity index (χ3v) is 17.1. The van der Waals surface area contributed by atoms with Crippen molar-refractivity contribution < 1.29 is 0 Å². The van der Waals surface area contributed by atoms with Crippen LogP contribution in [-0.4, -0.2) is 0 Å². The average molecular weight is 957 g/mol. The summed E-state index contributed by atoms with van der Waals surface area (Å²) in [6, 6.07) is 100. The molecule has 2 aliphatic rings. The molecule has 0 saturated heterocycles. The summed E-state index contributed by atoms with van der Waals surface area (Å²) < 4.78 is 0. The van der Waals surface area contributed by atoms with Crippen LogP contribution < -0.4 is 0 Å². The summed E-state index contributed by atoms with van der Waals surface area (Å²) in [5.74, 6) is 0. The highest BCUT2D eigenvalue weighted by Gasteiger charge is 2.35. The predicted octanol–water partition coefficient (Wildman–Crippen LogP) is 21.3. The fourth-order valence-corrected chi connectivity index (χ4v) is 14.1. The average Bonchev–Trinajstić information content (AvgIpc) is 4.23. The molecule has 0 radical (unpaired) electrons. The van der Waals surface area contributed by atoms with Crippen molar-refractivity contribution in [3.8, 4) is 111 Å². The highest BCUT2D eigenvalue weighted by Crippen LogP contribution is 2.63. The monoisotopic (exact) mass is 956 g/mol. The number of benzene rings is 15. The number of rotatable bonds is 6. The Morgan fingerprint density at radius 1 is 0.132 bits per heavy atom. The first-order valence-corrected chi connectivity index (χ1v) is 26.6. The van der Waals surface area contributed by atoms with Crippen LogP contribution in [0.15, 0.2) is 267 Å². The van der Waals surface area contributed by atoms with E-state index in [1.54, 1.807) is 0 Å². The first kappa shape index (κ1) is 41.6. The zero-order chi connectivity index (χ0) is 49.6. The van der Waals surface area contributed by atoms with Crippen LogP contribution in [0.3, 0.4) is 0 Å². The predicted molar refractivity (Wildman–Crippen MR) is 324 cm³/mol. The zero-order valence-corrected chi connectivity index (χ0v) is 41.4. The third-order valence-electron chi connectivity index (χ3n) is 17.1. The molecule has 15 aromatic rings. The van der Waals surface area contributed by atoms with E-state index < -0.39 is 0 Å². The van der Waals surface area contributed by atoms with Gasteiger partial charge in [0.2, 0.25) is 0 Å². The second-order valence-corrected chi connectivity index (χ2v) is 20.8. The van der Waals surface area contributed by atoms with Gasteiger partial charge in [-0.3, -0.25) is 0 Å². The molecule has 2 aliphatic carbocycles. The van der Waals surface area contributed by atoms with Crippen molar-refractivity contribution in [3.05, 3.63) is 267 Å². The molecule has 0 atom stereocenters. The molecule has 0 amide bonds. The SMILES string of the molecule is c1ccc(-c2ccc(-c3ccccc3)c(-c3c4c(c(-c5ccccc5)c5ccccc35)-c3ccc5c6ccc7c8c(ccc(c9ccc-4c3c59)c86)-c3c-7c(-c4ccccc4)c4ccccc4c3-c3ccccc3)c2)cc1. The lowest BCUT2D eigenvalue weighted by molar-refractivity contribution is 1.57. The molecule has 0 unspecified atom stereocenters. The van der Waals surface area contributed by atoms with Gasteiger partial charge in [-0.1, -0.05) is 261 Å². The van der Waals surface area contributed by atoms with Crippen LogP contribution in [-0.2, 0) is 0 Å². The van der Waals surface area contributed by atoms with Crippen molar-refractivity contribution in [2.24, 2.45) is 0 Å². The first-order chi connectivity index (χ1) is 37.8. The van der Waals surface area contributed by atoms with Crippen molar-refractivity contribution in [1.29, 1.82) is 0 Å². The van der Waals surface area contributed by atoms with Crippen LogP contribution >= 0.6 is 0 Å². The molecular weight excluding hydrogens is 913 g/mol. The highest BCUT2D eigenvalue weighted by atomic mass is 14.4. The van der Waals surface area contributed by atoms with Crippen molar-refractivity contribution in [2.45, 2.75) is 0 Å². The van der Waals surface area contributed by atoms with E-state index in [1.165, 1.54) is 176 Å². The van der Waals surface area contributed by atoms with Gasteiger partial charge in [-0.15, -0.1) is 0 Å². The Morgan fingerprint density at radius 3 is 0.789 bits per heavy atom. The maximum Gasteiger partial charge on any atom is -0.000718 e. The van der Waals surface area contributed by atoms with Gasteiger partial charge < -0.3 is 0 Å². The molecule has 0 heteroatoms. The van der Waals surface area contributed by atoms with E-state index in [0.717, 1.165) is 0 Å². The number of hydrogen-bond acceptors (Lipinski definition) is 0. The minimum Gasteiger partial charge on any atom is -0.0622 e. The van der Waals surface area contributed by atoms with Gasteiger partial charge in [0.25, 0.3) is 0 Å². The molecule has 0 nitrogen and oxygen atoms in total. The lowest BCUT2D eigenvalue weighted by atomic mass is 9.80. The maximum absolute atomic E-state index is 2.48. The van der Waals surface area contributed by atoms with Gasteiger partial charge in [-0.2, -0.15) is 0 Å². The van der Waals surface area contributed by atoms with Crippen LogP contribution in [0.2, 0.25) is 0 Å². The molecule has 17 rings (SSSR count).